The van der Waals surface area contributed by atoms with Crippen molar-refractivity contribution in [1.29, 1.82) is 0 Å². The van der Waals surface area contributed by atoms with Crippen molar-refractivity contribution >= 4 is 5.91 Å². The summed E-state index contributed by atoms with van der Waals surface area (Å²) in [5.41, 5.74) is 0. The van der Waals surface area contributed by atoms with Crippen LogP contribution in [-0.2, 0) is 4.79 Å². The maximum Gasteiger partial charge on any atom is 0.220 e. The zero-order chi connectivity index (χ0) is 11.9. The first kappa shape index (κ1) is 12.9. The Morgan fingerprint density at radius 1 is 1.12 bits per heavy atom. The quantitative estimate of drug-likeness (QED) is 0.744. The molecule has 1 atom stereocenters. The van der Waals surface area contributed by atoms with Gasteiger partial charge in [-0.15, -0.1) is 0 Å². The molecule has 2 fully saturated rings. The highest BCUT2D eigenvalue weighted by molar-refractivity contribution is 5.75. The number of carbonyl (C=O) groups is 1. The number of carbonyl (C=O) groups excluding carboxylic acids is 1. The summed E-state index contributed by atoms with van der Waals surface area (Å²) in [5.74, 6) is 1.88. The summed E-state index contributed by atoms with van der Waals surface area (Å²) in [4.78, 5) is 11.6. The van der Waals surface area contributed by atoms with Crippen LogP contribution < -0.4 is 10.6 Å². The average molecular weight is 238 g/mol. The molecule has 1 aliphatic carbocycles. The topological polar surface area (TPSA) is 41.1 Å². The third-order valence-electron chi connectivity index (χ3n) is 4.29. The normalized spacial score (nSPS) is 25.3. The van der Waals surface area contributed by atoms with Gasteiger partial charge in [-0.05, 0) is 44.2 Å². The maximum atomic E-state index is 11.6. The predicted octanol–water partition coefficient (Wildman–Crippen LogP) is 2.07. The summed E-state index contributed by atoms with van der Waals surface area (Å²) >= 11 is 0. The van der Waals surface area contributed by atoms with Crippen molar-refractivity contribution in [1.82, 2.24) is 10.6 Å². The molecule has 2 rings (SSSR count). The average Bonchev–Trinajstić information content (AvgIpc) is 2.99. The Labute approximate surface area is 105 Å². The van der Waals surface area contributed by atoms with Gasteiger partial charge in [0.2, 0.25) is 5.91 Å². The molecule has 1 unspecified atom stereocenters. The number of amides is 1. The van der Waals surface area contributed by atoms with Crippen LogP contribution >= 0.6 is 0 Å². The highest BCUT2D eigenvalue weighted by Gasteiger charge is 2.17. The fraction of sp³-hybridized carbons (Fsp3) is 0.929. The van der Waals surface area contributed by atoms with Crippen molar-refractivity contribution in [3.63, 3.8) is 0 Å². The van der Waals surface area contributed by atoms with Gasteiger partial charge in [0.05, 0.1) is 0 Å². The molecule has 0 aromatic heterocycles. The standard InChI is InChI=1S/C14H26N2O/c17-14(6-5-12-3-1-2-4-12)16-10-8-13-7-9-15-11-13/h12-13,15H,1-11H2,(H,16,17). The lowest BCUT2D eigenvalue weighted by Gasteiger charge is -2.11. The molecule has 1 heterocycles. The summed E-state index contributed by atoms with van der Waals surface area (Å²) < 4.78 is 0. The van der Waals surface area contributed by atoms with E-state index in [0.717, 1.165) is 50.7 Å². The first-order valence-electron chi connectivity index (χ1n) is 7.32. The van der Waals surface area contributed by atoms with E-state index in [9.17, 15) is 4.79 Å². The lowest BCUT2D eigenvalue weighted by Crippen LogP contribution is -2.26. The second-order valence-corrected chi connectivity index (χ2v) is 5.69. The first-order chi connectivity index (χ1) is 8.34. The summed E-state index contributed by atoms with van der Waals surface area (Å²) in [6, 6.07) is 0. The third-order valence-corrected chi connectivity index (χ3v) is 4.29. The van der Waals surface area contributed by atoms with Crippen LogP contribution in [0.15, 0.2) is 0 Å². The molecule has 1 aliphatic heterocycles. The van der Waals surface area contributed by atoms with E-state index in [0.29, 0.717) is 0 Å². The SMILES string of the molecule is O=C(CCC1CCCC1)NCCC1CCNC1. The second kappa shape index (κ2) is 7.00. The third kappa shape index (κ3) is 4.66. The molecule has 1 amide bonds. The molecule has 0 aromatic rings. The fourth-order valence-electron chi connectivity index (χ4n) is 3.10. The van der Waals surface area contributed by atoms with Gasteiger partial charge >= 0.3 is 0 Å². The van der Waals surface area contributed by atoms with Crippen LogP contribution in [0.4, 0.5) is 0 Å². The van der Waals surface area contributed by atoms with E-state index in [4.69, 9.17) is 0 Å². The summed E-state index contributed by atoms with van der Waals surface area (Å²) in [5, 5.41) is 6.43. The highest BCUT2D eigenvalue weighted by Crippen LogP contribution is 2.28. The minimum atomic E-state index is 0.267. The minimum Gasteiger partial charge on any atom is -0.356 e. The van der Waals surface area contributed by atoms with Crippen molar-refractivity contribution in [3.05, 3.63) is 0 Å². The second-order valence-electron chi connectivity index (χ2n) is 5.69. The molecule has 0 radical (unpaired) electrons. The molecule has 3 nitrogen and oxygen atoms in total. The van der Waals surface area contributed by atoms with Gasteiger partial charge in [0, 0.05) is 13.0 Å². The number of rotatable bonds is 6. The first-order valence-corrected chi connectivity index (χ1v) is 7.32. The summed E-state index contributed by atoms with van der Waals surface area (Å²) in [6.07, 6.45) is 9.72. The molecule has 2 N–H and O–H groups in total. The fourth-order valence-corrected chi connectivity index (χ4v) is 3.10. The molecule has 2 aliphatic rings. The van der Waals surface area contributed by atoms with Crippen LogP contribution in [0.3, 0.4) is 0 Å². The molecular formula is C14H26N2O. The van der Waals surface area contributed by atoms with Crippen LogP contribution in [-0.4, -0.2) is 25.5 Å². The molecular weight excluding hydrogens is 212 g/mol. The Hall–Kier alpha value is -0.570. The molecule has 98 valence electrons. The van der Waals surface area contributed by atoms with E-state index in [1.807, 2.05) is 0 Å². The molecule has 3 heteroatoms. The van der Waals surface area contributed by atoms with Crippen LogP contribution in [0.5, 0.6) is 0 Å². The Balaban J connectivity index is 1.48. The Kier molecular flexibility index (Phi) is 5.30. The number of nitrogens with one attached hydrogen (secondary N) is 2. The van der Waals surface area contributed by atoms with Crippen molar-refractivity contribution in [2.45, 2.75) is 51.4 Å². The van der Waals surface area contributed by atoms with Gasteiger partial charge in [0.15, 0.2) is 0 Å². The summed E-state index contributed by atoms with van der Waals surface area (Å²) in [6.45, 7) is 3.16. The van der Waals surface area contributed by atoms with Crippen molar-refractivity contribution in [3.8, 4) is 0 Å². The number of hydrogen-bond acceptors (Lipinski definition) is 2. The smallest absolute Gasteiger partial charge is 0.220 e. The van der Waals surface area contributed by atoms with Crippen LogP contribution in [0.1, 0.15) is 51.4 Å². The molecule has 1 saturated carbocycles. The van der Waals surface area contributed by atoms with E-state index >= 15 is 0 Å². The van der Waals surface area contributed by atoms with Gasteiger partial charge < -0.3 is 10.6 Å². The molecule has 0 aromatic carbocycles. The largest absolute Gasteiger partial charge is 0.356 e. The molecule has 17 heavy (non-hydrogen) atoms. The van der Waals surface area contributed by atoms with Gasteiger partial charge in [-0.1, -0.05) is 25.7 Å². The van der Waals surface area contributed by atoms with E-state index in [2.05, 4.69) is 10.6 Å². The van der Waals surface area contributed by atoms with Gasteiger partial charge in [-0.3, -0.25) is 4.79 Å². The van der Waals surface area contributed by atoms with E-state index in [1.165, 1.54) is 32.1 Å². The van der Waals surface area contributed by atoms with Crippen LogP contribution in [0.2, 0.25) is 0 Å². The minimum absolute atomic E-state index is 0.267. The van der Waals surface area contributed by atoms with E-state index in [1.54, 1.807) is 0 Å². The summed E-state index contributed by atoms with van der Waals surface area (Å²) in [7, 11) is 0. The maximum absolute atomic E-state index is 11.6. The highest BCUT2D eigenvalue weighted by atomic mass is 16.1. The van der Waals surface area contributed by atoms with Crippen LogP contribution in [0, 0.1) is 11.8 Å². The van der Waals surface area contributed by atoms with Gasteiger partial charge in [0.1, 0.15) is 0 Å². The number of hydrogen-bond donors (Lipinski definition) is 2. The van der Waals surface area contributed by atoms with Crippen LogP contribution in [0.25, 0.3) is 0 Å². The zero-order valence-electron chi connectivity index (χ0n) is 10.8. The van der Waals surface area contributed by atoms with Crippen molar-refractivity contribution < 1.29 is 4.79 Å². The lowest BCUT2D eigenvalue weighted by molar-refractivity contribution is -0.121. The Morgan fingerprint density at radius 2 is 1.94 bits per heavy atom. The molecule has 0 spiro atoms. The monoisotopic (exact) mass is 238 g/mol. The van der Waals surface area contributed by atoms with Crippen molar-refractivity contribution in [2.75, 3.05) is 19.6 Å². The molecule has 0 bridgehead atoms. The Bertz CT molecular complexity index is 230. The van der Waals surface area contributed by atoms with Gasteiger partial charge in [-0.25, -0.2) is 0 Å². The zero-order valence-corrected chi connectivity index (χ0v) is 10.8. The van der Waals surface area contributed by atoms with E-state index in [-0.39, 0.29) is 5.91 Å². The van der Waals surface area contributed by atoms with Crippen molar-refractivity contribution in [2.24, 2.45) is 11.8 Å². The predicted molar refractivity (Wildman–Crippen MR) is 69.8 cm³/mol. The molecule has 1 saturated heterocycles. The van der Waals surface area contributed by atoms with Gasteiger partial charge in [0.25, 0.3) is 0 Å². The lowest BCUT2D eigenvalue weighted by atomic mass is 10.0. The van der Waals surface area contributed by atoms with E-state index < -0.39 is 0 Å². The Morgan fingerprint density at radius 3 is 2.65 bits per heavy atom. The van der Waals surface area contributed by atoms with Gasteiger partial charge in [-0.2, -0.15) is 0 Å².